The molecule has 3 aliphatic rings. The largest absolute Gasteiger partial charge is 0.381 e. The predicted molar refractivity (Wildman–Crippen MR) is 98.4 cm³/mol. The Morgan fingerprint density at radius 2 is 2.28 bits per heavy atom. The molecule has 0 bridgehead atoms. The van der Waals surface area contributed by atoms with Gasteiger partial charge in [-0.15, -0.1) is 0 Å². The van der Waals surface area contributed by atoms with Gasteiger partial charge in [0.25, 0.3) is 0 Å². The van der Waals surface area contributed by atoms with E-state index in [2.05, 4.69) is 20.1 Å². The number of amides is 1. The summed E-state index contributed by atoms with van der Waals surface area (Å²) in [6.07, 6.45) is 5.44. The zero-order valence-corrected chi connectivity index (χ0v) is 15.5. The number of likely N-dealkylation sites (tertiary alicyclic amines) is 2. The Bertz CT molecular complexity index is 490. The topological polar surface area (TPSA) is 83.2 Å². The summed E-state index contributed by atoms with van der Waals surface area (Å²) in [5, 5.41) is 3.51. The molecule has 0 saturated carbocycles. The molecule has 0 aromatic heterocycles. The number of nitrogens with two attached hydrogens (primary N) is 1. The van der Waals surface area contributed by atoms with Gasteiger partial charge in [0.2, 0.25) is 5.91 Å². The Hall–Kier alpha value is -1.34. The fourth-order valence-corrected chi connectivity index (χ4v) is 4.41. The van der Waals surface area contributed by atoms with Gasteiger partial charge in [-0.2, -0.15) is 0 Å². The van der Waals surface area contributed by atoms with Crippen molar-refractivity contribution in [2.45, 2.75) is 32.1 Å². The summed E-state index contributed by atoms with van der Waals surface area (Å²) in [5.41, 5.74) is 5.81. The van der Waals surface area contributed by atoms with E-state index in [4.69, 9.17) is 10.5 Å². The number of rotatable bonds is 5. The molecular weight excluding hydrogens is 318 g/mol. The average molecular weight is 351 g/mol. The van der Waals surface area contributed by atoms with E-state index in [1.54, 1.807) is 0 Å². The van der Waals surface area contributed by atoms with E-state index >= 15 is 0 Å². The molecule has 3 aliphatic heterocycles. The highest BCUT2D eigenvalue weighted by Crippen LogP contribution is 2.38. The van der Waals surface area contributed by atoms with Crippen LogP contribution in [0.5, 0.6) is 0 Å². The maximum Gasteiger partial charge on any atom is 0.221 e. The Labute approximate surface area is 151 Å². The minimum Gasteiger partial charge on any atom is -0.381 e. The fourth-order valence-electron chi connectivity index (χ4n) is 4.41. The Balaban J connectivity index is 1.37. The third-order valence-electron chi connectivity index (χ3n) is 5.98. The molecule has 1 spiro atoms. The van der Waals surface area contributed by atoms with Crippen molar-refractivity contribution in [1.82, 2.24) is 15.1 Å². The van der Waals surface area contributed by atoms with E-state index in [-0.39, 0.29) is 11.8 Å². The van der Waals surface area contributed by atoms with Gasteiger partial charge in [-0.3, -0.25) is 9.79 Å². The normalized spacial score (nSPS) is 31.0. The lowest BCUT2D eigenvalue weighted by Gasteiger charge is -2.31. The van der Waals surface area contributed by atoms with E-state index in [0.717, 1.165) is 77.7 Å². The van der Waals surface area contributed by atoms with E-state index in [1.807, 2.05) is 7.05 Å². The van der Waals surface area contributed by atoms with Crippen LogP contribution in [0.25, 0.3) is 0 Å². The van der Waals surface area contributed by atoms with E-state index in [9.17, 15) is 4.79 Å². The number of nitrogens with zero attached hydrogens (tertiary/aromatic N) is 3. The van der Waals surface area contributed by atoms with Crippen LogP contribution in [0, 0.1) is 11.3 Å². The van der Waals surface area contributed by atoms with Crippen LogP contribution in [-0.4, -0.2) is 81.2 Å². The minimum absolute atomic E-state index is 0.0314. The Morgan fingerprint density at radius 1 is 1.40 bits per heavy atom. The molecule has 7 nitrogen and oxygen atoms in total. The second-order valence-corrected chi connectivity index (χ2v) is 7.84. The molecule has 0 aliphatic carbocycles. The van der Waals surface area contributed by atoms with Crippen LogP contribution in [0.2, 0.25) is 0 Å². The number of primary amides is 1. The quantitative estimate of drug-likeness (QED) is 0.422. The van der Waals surface area contributed by atoms with Gasteiger partial charge in [0.05, 0.1) is 12.5 Å². The Morgan fingerprint density at radius 3 is 3.00 bits per heavy atom. The van der Waals surface area contributed by atoms with Crippen molar-refractivity contribution < 1.29 is 9.53 Å². The summed E-state index contributed by atoms with van der Waals surface area (Å²) < 4.78 is 5.61. The van der Waals surface area contributed by atoms with Crippen LogP contribution in [0.4, 0.5) is 0 Å². The fraction of sp³-hybridized carbons (Fsp3) is 0.889. The molecule has 0 aromatic carbocycles. The van der Waals surface area contributed by atoms with Crippen LogP contribution in [0.3, 0.4) is 0 Å². The van der Waals surface area contributed by atoms with Gasteiger partial charge in [-0.05, 0) is 45.2 Å². The van der Waals surface area contributed by atoms with Gasteiger partial charge in [0.1, 0.15) is 0 Å². The predicted octanol–water partition coefficient (Wildman–Crippen LogP) is 0.262. The summed E-state index contributed by atoms with van der Waals surface area (Å²) in [6.45, 7) is 7.73. The first-order valence-electron chi connectivity index (χ1n) is 9.67. The molecule has 3 N–H and O–H groups in total. The first-order chi connectivity index (χ1) is 12.1. The number of aliphatic imine (C=N–C) groups is 1. The van der Waals surface area contributed by atoms with Gasteiger partial charge < -0.3 is 25.6 Å². The standard InChI is InChI=1S/C18H33N5O2/c1-20-17(23-10-5-18(13-23)6-11-25-14-18)21-7-3-9-22-8-2-4-15(12-22)16(19)24/h15H,2-14H2,1H3,(H2,19,24)(H,20,21). The molecule has 7 heteroatoms. The van der Waals surface area contributed by atoms with E-state index in [1.165, 1.54) is 12.8 Å². The highest BCUT2D eigenvalue weighted by Gasteiger charge is 2.42. The third kappa shape index (κ3) is 4.64. The highest BCUT2D eigenvalue weighted by molar-refractivity contribution is 5.80. The van der Waals surface area contributed by atoms with Crippen molar-refractivity contribution in [1.29, 1.82) is 0 Å². The van der Waals surface area contributed by atoms with Crippen LogP contribution < -0.4 is 11.1 Å². The van der Waals surface area contributed by atoms with Crippen molar-refractivity contribution in [3.05, 3.63) is 0 Å². The molecule has 0 radical (unpaired) electrons. The van der Waals surface area contributed by atoms with E-state index < -0.39 is 0 Å². The molecule has 1 amide bonds. The summed E-state index contributed by atoms with van der Waals surface area (Å²) in [5.74, 6) is 0.892. The second-order valence-electron chi connectivity index (χ2n) is 7.84. The number of nitrogens with one attached hydrogen (secondary N) is 1. The van der Waals surface area contributed by atoms with Crippen molar-refractivity contribution in [2.75, 3.05) is 59.5 Å². The highest BCUT2D eigenvalue weighted by atomic mass is 16.5. The summed E-state index contributed by atoms with van der Waals surface area (Å²) >= 11 is 0. The maximum atomic E-state index is 11.4. The van der Waals surface area contributed by atoms with Gasteiger partial charge in [-0.1, -0.05) is 0 Å². The number of guanidine groups is 1. The molecule has 3 saturated heterocycles. The van der Waals surface area contributed by atoms with E-state index in [0.29, 0.717) is 5.41 Å². The van der Waals surface area contributed by atoms with Gasteiger partial charge in [-0.25, -0.2) is 0 Å². The van der Waals surface area contributed by atoms with Gasteiger partial charge in [0, 0.05) is 45.2 Å². The third-order valence-corrected chi connectivity index (χ3v) is 5.98. The van der Waals surface area contributed by atoms with Crippen molar-refractivity contribution in [2.24, 2.45) is 22.1 Å². The zero-order chi connectivity index (χ0) is 17.7. The van der Waals surface area contributed by atoms with Crippen LogP contribution in [0.1, 0.15) is 32.1 Å². The number of carbonyl (C=O) groups is 1. The smallest absolute Gasteiger partial charge is 0.221 e. The lowest BCUT2D eigenvalue weighted by atomic mass is 9.87. The number of carbonyl (C=O) groups excluding carboxylic acids is 1. The molecule has 142 valence electrons. The second kappa shape index (κ2) is 8.36. The average Bonchev–Trinajstić information content (AvgIpc) is 3.25. The first kappa shape index (κ1) is 18.5. The number of hydrogen-bond acceptors (Lipinski definition) is 4. The van der Waals surface area contributed by atoms with Crippen LogP contribution >= 0.6 is 0 Å². The van der Waals surface area contributed by atoms with Crippen LogP contribution in [0.15, 0.2) is 4.99 Å². The molecule has 2 atom stereocenters. The zero-order valence-electron chi connectivity index (χ0n) is 15.5. The number of ether oxygens (including phenoxy) is 1. The summed E-state index contributed by atoms with van der Waals surface area (Å²) in [4.78, 5) is 20.6. The van der Waals surface area contributed by atoms with Crippen molar-refractivity contribution in [3.8, 4) is 0 Å². The SMILES string of the molecule is CN=C(NCCCN1CCCC(C(N)=O)C1)N1CCC2(CCOC2)C1. The van der Waals surface area contributed by atoms with Crippen LogP contribution in [-0.2, 0) is 9.53 Å². The first-order valence-corrected chi connectivity index (χ1v) is 9.67. The molecule has 2 unspecified atom stereocenters. The molecule has 0 aromatic rings. The molecule has 25 heavy (non-hydrogen) atoms. The molecule has 3 rings (SSSR count). The molecule has 3 fully saturated rings. The van der Waals surface area contributed by atoms with Gasteiger partial charge in [0.15, 0.2) is 5.96 Å². The monoisotopic (exact) mass is 351 g/mol. The Kier molecular flexibility index (Phi) is 6.17. The molecule has 3 heterocycles. The summed E-state index contributed by atoms with van der Waals surface area (Å²) in [7, 11) is 1.86. The lowest BCUT2D eigenvalue weighted by molar-refractivity contribution is -0.123. The number of piperidine rings is 1. The van der Waals surface area contributed by atoms with Gasteiger partial charge >= 0.3 is 0 Å². The maximum absolute atomic E-state index is 11.4. The lowest BCUT2D eigenvalue weighted by Crippen LogP contribution is -2.44. The molecular formula is C18H33N5O2. The minimum atomic E-state index is -0.151. The summed E-state index contributed by atoms with van der Waals surface area (Å²) in [6, 6.07) is 0. The van der Waals surface area contributed by atoms with Crippen molar-refractivity contribution >= 4 is 11.9 Å². The number of hydrogen-bond donors (Lipinski definition) is 2. The van der Waals surface area contributed by atoms with Crippen molar-refractivity contribution in [3.63, 3.8) is 0 Å².